The third-order valence-corrected chi connectivity index (χ3v) is 8.01. The lowest BCUT2D eigenvalue weighted by Crippen LogP contribution is -2.23. The van der Waals surface area contributed by atoms with E-state index in [-0.39, 0.29) is 23.2 Å². The molecule has 1 heterocycles. The van der Waals surface area contributed by atoms with E-state index in [0.29, 0.717) is 21.9 Å². The van der Waals surface area contributed by atoms with E-state index in [9.17, 15) is 18.7 Å². The summed E-state index contributed by atoms with van der Waals surface area (Å²) in [4.78, 5) is 13.8. The maximum atomic E-state index is 13.4. The molecule has 0 aliphatic heterocycles. The Morgan fingerprint density at radius 2 is 2.00 bits per heavy atom. The number of carbonyl (C=O) groups is 1. The van der Waals surface area contributed by atoms with E-state index in [1.54, 1.807) is 6.07 Å². The number of aryl methyl sites for hydroxylation is 1. The van der Waals surface area contributed by atoms with Crippen LogP contribution in [0.25, 0.3) is 0 Å². The number of thiophene rings is 1. The SMILES string of the molecule is COC(=O)c1ccc(CCC[C@@H]2C(CSc3cc(F)cc(F)c3)[C@H](O)C[C@H]2Cl)s1. The van der Waals surface area contributed by atoms with Crippen LogP contribution in [0.5, 0.6) is 0 Å². The van der Waals surface area contributed by atoms with Gasteiger partial charge in [0.15, 0.2) is 0 Å². The average molecular weight is 461 g/mol. The summed E-state index contributed by atoms with van der Waals surface area (Å²) in [6.07, 6.45) is 2.57. The number of carbonyl (C=O) groups excluding carboxylic acids is 1. The lowest BCUT2D eigenvalue weighted by molar-refractivity contribution is 0.0606. The zero-order valence-corrected chi connectivity index (χ0v) is 18.3. The third-order valence-electron chi connectivity index (χ3n) is 5.26. The molecule has 1 unspecified atom stereocenters. The van der Waals surface area contributed by atoms with Gasteiger partial charge in [0, 0.05) is 27.0 Å². The Bertz CT molecular complexity index is 825. The number of aliphatic hydroxyl groups is 1. The fraction of sp³-hybridized carbons (Fsp3) is 0.476. The van der Waals surface area contributed by atoms with Crippen molar-refractivity contribution in [3.8, 4) is 0 Å². The minimum absolute atomic E-state index is 0.0252. The predicted octanol–water partition coefficient (Wildman–Crippen LogP) is 5.53. The van der Waals surface area contributed by atoms with Crippen LogP contribution in [0.1, 0.15) is 33.8 Å². The van der Waals surface area contributed by atoms with Crippen LogP contribution in [0.2, 0.25) is 0 Å². The minimum Gasteiger partial charge on any atom is -0.465 e. The Morgan fingerprint density at radius 1 is 1.28 bits per heavy atom. The number of methoxy groups -OCH3 is 1. The largest absolute Gasteiger partial charge is 0.465 e. The van der Waals surface area contributed by atoms with Crippen LogP contribution in [0.3, 0.4) is 0 Å². The molecule has 0 amide bonds. The molecule has 1 fully saturated rings. The molecule has 0 saturated heterocycles. The summed E-state index contributed by atoms with van der Waals surface area (Å²) in [5.74, 6) is -0.863. The van der Waals surface area contributed by atoms with Crippen LogP contribution in [0.4, 0.5) is 8.78 Å². The molecule has 1 saturated carbocycles. The fourth-order valence-corrected chi connectivity index (χ4v) is 6.51. The molecule has 2 aromatic rings. The first-order valence-corrected chi connectivity index (χ1v) is 11.7. The molecule has 4 atom stereocenters. The number of ether oxygens (including phenoxy) is 1. The van der Waals surface area contributed by atoms with Gasteiger partial charge in [-0.25, -0.2) is 13.6 Å². The van der Waals surface area contributed by atoms with E-state index in [0.717, 1.165) is 30.2 Å². The standard InChI is InChI=1S/C21H23ClF2O3S2/c1-27-21(26)20-6-5-14(29-20)3-2-4-16-17(19(25)10-18(16)22)11-28-15-8-12(23)7-13(24)9-15/h5-9,16-19,25H,2-4,10-11H2,1H3/t16-,17?,18-,19-/m1/s1. The maximum Gasteiger partial charge on any atom is 0.348 e. The lowest BCUT2D eigenvalue weighted by atomic mass is 9.91. The number of benzene rings is 1. The summed E-state index contributed by atoms with van der Waals surface area (Å²) in [7, 11) is 1.37. The second kappa shape index (κ2) is 10.2. The molecule has 1 aliphatic carbocycles. The molecule has 1 aliphatic rings. The van der Waals surface area contributed by atoms with Crippen molar-refractivity contribution in [3.63, 3.8) is 0 Å². The monoisotopic (exact) mass is 460 g/mol. The molecule has 1 aromatic heterocycles. The number of halogens is 3. The highest BCUT2D eigenvalue weighted by Gasteiger charge is 2.40. The van der Waals surface area contributed by atoms with Crippen molar-refractivity contribution in [2.24, 2.45) is 11.8 Å². The summed E-state index contributed by atoms with van der Waals surface area (Å²) in [5.41, 5.74) is 0. The van der Waals surface area contributed by atoms with Gasteiger partial charge in [-0.2, -0.15) is 0 Å². The molecule has 0 spiro atoms. The Kier molecular flexibility index (Phi) is 7.96. The van der Waals surface area contributed by atoms with Gasteiger partial charge in [-0.3, -0.25) is 0 Å². The van der Waals surface area contributed by atoms with Gasteiger partial charge in [0.1, 0.15) is 16.5 Å². The lowest BCUT2D eigenvalue weighted by Gasteiger charge is -2.23. The van der Waals surface area contributed by atoms with Gasteiger partial charge in [0.2, 0.25) is 0 Å². The van der Waals surface area contributed by atoms with Gasteiger partial charge in [-0.1, -0.05) is 0 Å². The highest BCUT2D eigenvalue weighted by Crippen LogP contribution is 2.42. The Balaban J connectivity index is 1.55. The summed E-state index contributed by atoms with van der Waals surface area (Å²) < 4.78 is 31.5. The number of rotatable bonds is 8. The zero-order valence-electron chi connectivity index (χ0n) is 15.9. The van der Waals surface area contributed by atoms with Crippen molar-refractivity contribution in [1.82, 2.24) is 0 Å². The van der Waals surface area contributed by atoms with E-state index < -0.39 is 17.7 Å². The smallest absolute Gasteiger partial charge is 0.348 e. The molecular formula is C21H23ClF2O3S2. The highest BCUT2D eigenvalue weighted by molar-refractivity contribution is 7.99. The molecule has 158 valence electrons. The zero-order chi connectivity index (χ0) is 21.0. The quantitative estimate of drug-likeness (QED) is 0.319. The molecule has 8 heteroatoms. The van der Waals surface area contributed by atoms with Crippen molar-refractivity contribution in [2.45, 2.75) is 42.1 Å². The summed E-state index contributed by atoms with van der Waals surface area (Å²) >= 11 is 9.27. The Hall–Kier alpha value is -1.15. The van der Waals surface area contributed by atoms with E-state index in [1.165, 1.54) is 42.3 Å². The van der Waals surface area contributed by atoms with Gasteiger partial charge >= 0.3 is 5.97 Å². The van der Waals surface area contributed by atoms with Crippen LogP contribution in [-0.2, 0) is 11.2 Å². The molecular weight excluding hydrogens is 438 g/mol. The van der Waals surface area contributed by atoms with E-state index >= 15 is 0 Å². The van der Waals surface area contributed by atoms with Crippen LogP contribution < -0.4 is 0 Å². The predicted molar refractivity (Wildman–Crippen MR) is 113 cm³/mol. The van der Waals surface area contributed by atoms with Gasteiger partial charge < -0.3 is 9.84 Å². The molecule has 0 radical (unpaired) electrons. The summed E-state index contributed by atoms with van der Waals surface area (Å²) in [6.45, 7) is 0. The Morgan fingerprint density at radius 3 is 2.69 bits per heavy atom. The first kappa shape index (κ1) is 22.5. The van der Waals surface area contributed by atoms with Gasteiger partial charge in [0.05, 0.1) is 13.2 Å². The molecule has 3 nitrogen and oxygen atoms in total. The number of aliphatic hydroxyl groups excluding tert-OH is 1. The molecule has 1 aromatic carbocycles. The van der Waals surface area contributed by atoms with E-state index in [2.05, 4.69) is 0 Å². The first-order chi connectivity index (χ1) is 13.9. The summed E-state index contributed by atoms with van der Waals surface area (Å²) in [6, 6.07) is 7.16. The third kappa shape index (κ3) is 5.94. The van der Waals surface area contributed by atoms with Crippen LogP contribution in [0.15, 0.2) is 35.2 Å². The van der Waals surface area contributed by atoms with E-state index in [1.807, 2.05) is 6.07 Å². The maximum absolute atomic E-state index is 13.4. The number of hydrogen-bond donors (Lipinski definition) is 1. The average Bonchev–Trinajstić information content (AvgIpc) is 3.23. The van der Waals surface area contributed by atoms with Crippen LogP contribution >= 0.6 is 34.7 Å². The number of alkyl halides is 1. The van der Waals surface area contributed by atoms with Gasteiger partial charge in [0.25, 0.3) is 0 Å². The van der Waals surface area contributed by atoms with Crippen molar-refractivity contribution in [1.29, 1.82) is 0 Å². The minimum atomic E-state index is -0.603. The van der Waals surface area contributed by atoms with Crippen molar-refractivity contribution >= 4 is 40.7 Å². The highest BCUT2D eigenvalue weighted by atomic mass is 35.5. The van der Waals surface area contributed by atoms with Crippen LogP contribution in [0, 0.1) is 23.5 Å². The Labute approximate surface area is 182 Å². The molecule has 3 rings (SSSR count). The van der Waals surface area contributed by atoms with Crippen LogP contribution in [-0.4, -0.2) is 35.4 Å². The van der Waals surface area contributed by atoms with Gasteiger partial charge in [-0.15, -0.1) is 34.7 Å². The second-order valence-electron chi connectivity index (χ2n) is 7.21. The van der Waals surface area contributed by atoms with Crippen molar-refractivity contribution in [3.05, 3.63) is 51.7 Å². The number of thioether (sulfide) groups is 1. The molecule has 0 bridgehead atoms. The van der Waals surface area contributed by atoms with Crippen molar-refractivity contribution < 1.29 is 23.4 Å². The molecule has 1 N–H and O–H groups in total. The number of esters is 1. The normalized spacial score (nSPS) is 24.0. The fourth-order valence-electron chi connectivity index (χ4n) is 3.80. The first-order valence-electron chi connectivity index (χ1n) is 9.45. The van der Waals surface area contributed by atoms with Crippen molar-refractivity contribution in [2.75, 3.05) is 12.9 Å². The second-order valence-corrected chi connectivity index (χ2v) is 10.0. The summed E-state index contributed by atoms with van der Waals surface area (Å²) in [5, 5.41) is 10.3. The van der Waals surface area contributed by atoms with Gasteiger partial charge in [-0.05, 0) is 61.8 Å². The molecule has 29 heavy (non-hydrogen) atoms. The van der Waals surface area contributed by atoms with E-state index in [4.69, 9.17) is 16.3 Å². The number of hydrogen-bond acceptors (Lipinski definition) is 5. The topological polar surface area (TPSA) is 46.5 Å².